The highest BCUT2D eigenvalue weighted by molar-refractivity contribution is 7.08. The van der Waals surface area contributed by atoms with Crippen LogP contribution >= 0.6 is 11.3 Å². The first-order valence-electron chi connectivity index (χ1n) is 4.72. The van der Waals surface area contributed by atoms with E-state index in [-0.39, 0.29) is 11.8 Å². The van der Waals surface area contributed by atoms with Gasteiger partial charge in [0.2, 0.25) is 5.91 Å². The van der Waals surface area contributed by atoms with Crippen LogP contribution in [0.25, 0.3) is 0 Å². The Kier molecular flexibility index (Phi) is 4.10. The SMILES string of the molecule is CCC(CN)C(=O)Nc1cscc1C. The number of carbonyl (C=O) groups excluding carboxylic acids is 1. The molecule has 78 valence electrons. The van der Waals surface area contributed by atoms with Gasteiger partial charge in [0.05, 0.1) is 11.6 Å². The van der Waals surface area contributed by atoms with E-state index in [1.807, 2.05) is 24.6 Å². The topological polar surface area (TPSA) is 55.1 Å². The lowest BCUT2D eigenvalue weighted by molar-refractivity contribution is -0.119. The summed E-state index contributed by atoms with van der Waals surface area (Å²) < 4.78 is 0. The summed E-state index contributed by atoms with van der Waals surface area (Å²) in [7, 11) is 0. The summed E-state index contributed by atoms with van der Waals surface area (Å²) in [6, 6.07) is 0. The van der Waals surface area contributed by atoms with Gasteiger partial charge in [-0.15, -0.1) is 11.3 Å². The molecule has 0 aliphatic carbocycles. The molecule has 0 aliphatic heterocycles. The Morgan fingerprint density at radius 2 is 2.36 bits per heavy atom. The molecule has 1 unspecified atom stereocenters. The van der Waals surface area contributed by atoms with Crippen molar-refractivity contribution in [1.82, 2.24) is 0 Å². The lowest BCUT2D eigenvalue weighted by Gasteiger charge is -2.12. The standard InChI is InChI=1S/C10H16N2OS/c1-3-8(4-11)10(13)12-9-6-14-5-7(9)2/h5-6,8H,3-4,11H2,1-2H3,(H,12,13). The van der Waals surface area contributed by atoms with Crippen molar-refractivity contribution >= 4 is 22.9 Å². The molecule has 1 aromatic rings. The molecule has 0 saturated carbocycles. The van der Waals surface area contributed by atoms with Gasteiger partial charge in [-0.2, -0.15) is 0 Å². The molecular weight excluding hydrogens is 196 g/mol. The van der Waals surface area contributed by atoms with E-state index < -0.39 is 0 Å². The van der Waals surface area contributed by atoms with Crippen LogP contribution in [-0.2, 0) is 4.79 Å². The third-order valence-electron chi connectivity index (χ3n) is 2.26. The largest absolute Gasteiger partial charge is 0.330 e. The van der Waals surface area contributed by atoms with Gasteiger partial charge in [-0.3, -0.25) is 4.79 Å². The third-order valence-corrected chi connectivity index (χ3v) is 3.12. The number of carbonyl (C=O) groups is 1. The Labute approximate surface area is 88.3 Å². The van der Waals surface area contributed by atoms with Crippen LogP contribution in [-0.4, -0.2) is 12.5 Å². The molecule has 0 saturated heterocycles. The lowest BCUT2D eigenvalue weighted by Crippen LogP contribution is -2.28. The van der Waals surface area contributed by atoms with E-state index in [0.717, 1.165) is 17.7 Å². The summed E-state index contributed by atoms with van der Waals surface area (Å²) in [5.41, 5.74) is 7.51. The van der Waals surface area contributed by atoms with Gasteiger partial charge < -0.3 is 11.1 Å². The van der Waals surface area contributed by atoms with Crippen molar-refractivity contribution in [2.75, 3.05) is 11.9 Å². The van der Waals surface area contributed by atoms with Crippen molar-refractivity contribution in [2.24, 2.45) is 11.7 Å². The molecule has 0 radical (unpaired) electrons. The van der Waals surface area contributed by atoms with Crippen molar-refractivity contribution in [3.8, 4) is 0 Å². The van der Waals surface area contributed by atoms with Crippen LogP contribution in [0.5, 0.6) is 0 Å². The minimum atomic E-state index is -0.0747. The van der Waals surface area contributed by atoms with E-state index in [1.165, 1.54) is 0 Å². The molecule has 0 aromatic carbocycles. The van der Waals surface area contributed by atoms with Crippen molar-refractivity contribution in [2.45, 2.75) is 20.3 Å². The normalized spacial score (nSPS) is 12.5. The van der Waals surface area contributed by atoms with Gasteiger partial charge in [0.1, 0.15) is 0 Å². The number of nitrogens with two attached hydrogens (primary N) is 1. The van der Waals surface area contributed by atoms with Gasteiger partial charge in [0, 0.05) is 11.9 Å². The van der Waals surface area contributed by atoms with Gasteiger partial charge in [-0.25, -0.2) is 0 Å². The first-order chi connectivity index (χ1) is 6.69. The fourth-order valence-electron chi connectivity index (χ4n) is 1.18. The van der Waals surface area contributed by atoms with E-state index in [1.54, 1.807) is 11.3 Å². The van der Waals surface area contributed by atoms with Gasteiger partial charge in [0.25, 0.3) is 0 Å². The van der Waals surface area contributed by atoms with E-state index in [0.29, 0.717) is 6.54 Å². The van der Waals surface area contributed by atoms with E-state index >= 15 is 0 Å². The Hall–Kier alpha value is -0.870. The zero-order valence-corrected chi connectivity index (χ0v) is 9.36. The predicted molar refractivity (Wildman–Crippen MR) is 60.5 cm³/mol. The second-order valence-corrected chi connectivity index (χ2v) is 4.04. The maximum absolute atomic E-state index is 11.6. The highest BCUT2D eigenvalue weighted by atomic mass is 32.1. The molecule has 1 heterocycles. The maximum Gasteiger partial charge on any atom is 0.228 e. The number of nitrogens with one attached hydrogen (secondary N) is 1. The van der Waals surface area contributed by atoms with Crippen LogP contribution in [0.4, 0.5) is 5.69 Å². The van der Waals surface area contributed by atoms with E-state index in [4.69, 9.17) is 5.73 Å². The number of thiophene rings is 1. The molecule has 0 spiro atoms. The fourth-order valence-corrected chi connectivity index (χ4v) is 1.96. The molecule has 14 heavy (non-hydrogen) atoms. The molecule has 1 amide bonds. The molecule has 0 bridgehead atoms. The molecule has 1 atom stereocenters. The Morgan fingerprint density at radius 3 is 2.79 bits per heavy atom. The minimum absolute atomic E-state index is 0.0245. The number of aryl methyl sites for hydroxylation is 1. The molecule has 4 heteroatoms. The van der Waals surface area contributed by atoms with Gasteiger partial charge >= 0.3 is 0 Å². The average molecular weight is 212 g/mol. The van der Waals surface area contributed by atoms with Crippen LogP contribution in [0.15, 0.2) is 10.8 Å². The predicted octanol–water partition coefficient (Wildman–Crippen LogP) is 1.98. The summed E-state index contributed by atoms with van der Waals surface area (Å²) in [6.07, 6.45) is 0.783. The zero-order chi connectivity index (χ0) is 10.6. The van der Waals surface area contributed by atoms with Crippen molar-refractivity contribution in [3.63, 3.8) is 0 Å². The first kappa shape index (κ1) is 11.2. The van der Waals surface area contributed by atoms with Crippen molar-refractivity contribution in [1.29, 1.82) is 0 Å². The summed E-state index contributed by atoms with van der Waals surface area (Å²) in [5, 5.41) is 6.84. The Morgan fingerprint density at radius 1 is 1.64 bits per heavy atom. The van der Waals surface area contributed by atoms with Gasteiger partial charge in [-0.1, -0.05) is 6.92 Å². The van der Waals surface area contributed by atoms with Crippen molar-refractivity contribution in [3.05, 3.63) is 16.3 Å². The smallest absolute Gasteiger partial charge is 0.228 e. The molecule has 1 aromatic heterocycles. The van der Waals surface area contributed by atoms with Gasteiger partial charge in [-0.05, 0) is 24.3 Å². The number of hydrogen-bond donors (Lipinski definition) is 2. The molecule has 3 nitrogen and oxygen atoms in total. The van der Waals surface area contributed by atoms with Crippen LogP contribution in [0.3, 0.4) is 0 Å². The van der Waals surface area contributed by atoms with Crippen LogP contribution in [0.1, 0.15) is 18.9 Å². The third kappa shape index (κ3) is 2.56. The zero-order valence-electron chi connectivity index (χ0n) is 8.54. The van der Waals surface area contributed by atoms with Gasteiger partial charge in [0.15, 0.2) is 0 Å². The first-order valence-corrected chi connectivity index (χ1v) is 5.67. The second kappa shape index (κ2) is 5.12. The average Bonchev–Trinajstić information content (AvgIpc) is 2.54. The molecular formula is C10H16N2OS. The summed E-state index contributed by atoms with van der Waals surface area (Å²) in [4.78, 5) is 11.6. The highest BCUT2D eigenvalue weighted by Gasteiger charge is 2.15. The molecule has 1 rings (SSSR count). The summed E-state index contributed by atoms with van der Waals surface area (Å²) in [5.74, 6) is -0.0502. The number of anilines is 1. The van der Waals surface area contributed by atoms with Crippen molar-refractivity contribution < 1.29 is 4.79 Å². The maximum atomic E-state index is 11.6. The summed E-state index contributed by atoms with van der Waals surface area (Å²) in [6.45, 7) is 4.36. The number of amides is 1. The quantitative estimate of drug-likeness (QED) is 0.801. The summed E-state index contributed by atoms with van der Waals surface area (Å²) >= 11 is 1.59. The van der Waals surface area contributed by atoms with Crippen LogP contribution in [0, 0.1) is 12.8 Å². The molecule has 0 aliphatic rings. The number of rotatable bonds is 4. The Balaban J connectivity index is 2.61. The van der Waals surface area contributed by atoms with E-state index in [2.05, 4.69) is 5.32 Å². The fraction of sp³-hybridized carbons (Fsp3) is 0.500. The van der Waals surface area contributed by atoms with E-state index in [9.17, 15) is 4.79 Å². The highest BCUT2D eigenvalue weighted by Crippen LogP contribution is 2.20. The molecule has 0 fully saturated rings. The lowest BCUT2D eigenvalue weighted by atomic mass is 10.1. The molecule has 3 N–H and O–H groups in total. The monoisotopic (exact) mass is 212 g/mol. The second-order valence-electron chi connectivity index (χ2n) is 3.30. The van der Waals surface area contributed by atoms with Crippen LogP contribution in [0.2, 0.25) is 0 Å². The Bertz CT molecular complexity index is 305. The van der Waals surface area contributed by atoms with Crippen LogP contribution < -0.4 is 11.1 Å². The minimum Gasteiger partial charge on any atom is -0.330 e. The number of hydrogen-bond acceptors (Lipinski definition) is 3.